The molecule has 0 bridgehead atoms. The first-order valence-electron chi connectivity index (χ1n) is 6.32. The molecule has 0 aromatic carbocycles. The summed E-state index contributed by atoms with van der Waals surface area (Å²) in [6.07, 6.45) is 13.8. The van der Waals surface area contributed by atoms with E-state index in [-0.39, 0.29) is 0 Å². The molecule has 1 aliphatic carbocycles. The van der Waals surface area contributed by atoms with E-state index in [0.717, 1.165) is 6.42 Å². The van der Waals surface area contributed by atoms with E-state index < -0.39 is 0 Å². The molecule has 0 radical (unpaired) electrons. The van der Waals surface area contributed by atoms with Crippen LogP contribution in [0, 0.1) is 5.92 Å². The summed E-state index contributed by atoms with van der Waals surface area (Å²) in [6, 6.07) is 0. The largest absolute Gasteiger partial charge is 0.358 e. The van der Waals surface area contributed by atoms with Crippen molar-refractivity contribution < 1.29 is 0 Å². The molecule has 0 aromatic rings. The summed E-state index contributed by atoms with van der Waals surface area (Å²) in [4.78, 5) is 0. The van der Waals surface area contributed by atoms with Crippen molar-refractivity contribution in [2.75, 3.05) is 0 Å². The third kappa shape index (κ3) is 8.94. The molecule has 1 aliphatic rings. The molecule has 0 aliphatic heterocycles. The lowest BCUT2D eigenvalue weighted by Gasteiger charge is -1.99. The molecular formula is C16H25NS. The molecule has 0 spiro atoms. The highest BCUT2D eigenvalue weighted by Gasteiger charge is 1.99. The van der Waals surface area contributed by atoms with Crippen LogP contribution in [0.2, 0.25) is 0 Å². The number of rotatable bonds is 3. The molecule has 100 valence electrons. The van der Waals surface area contributed by atoms with Gasteiger partial charge in [0.15, 0.2) is 0 Å². The summed E-state index contributed by atoms with van der Waals surface area (Å²) in [5, 5.41) is 3.45. The van der Waals surface area contributed by atoms with Crippen molar-refractivity contribution in [1.29, 1.82) is 0 Å². The van der Waals surface area contributed by atoms with E-state index in [1.807, 2.05) is 13.0 Å². The van der Waals surface area contributed by atoms with Crippen molar-refractivity contribution in [3.63, 3.8) is 0 Å². The van der Waals surface area contributed by atoms with Gasteiger partial charge in [-0.15, -0.1) is 12.6 Å². The number of hydrogen-bond acceptors (Lipinski definition) is 2. The minimum Gasteiger partial charge on any atom is -0.358 e. The van der Waals surface area contributed by atoms with Crippen molar-refractivity contribution in [2.24, 2.45) is 5.92 Å². The molecule has 0 heterocycles. The Labute approximate surface area is 117 Å². The minimum atomic E-state index is 0.597. The summed E-state index contributed by atoms with van der Waals surface area (Å²) in [7, 11) is 0. The van der Waals surface area contributed by atoms with Crippen LogP contribution in [-0.4, -0.2) is 0 Å². The zero-order valence-corrected chi connectivity index (χ0v) is 12.8. The molecule has 1 N–H and O–H groups in total. The Morgan fingerprint density at radius 2 is 2.11 bits per heavy atom. The van der Waals surface area contributed by atoms with Crippen molar-refractivity contribution in [3.05, 3.63) is 59.3 Å². The van der Waals surface area contributed by atoms with Gasteiger partial charge in [-0.2, -0.15) is 0 Å². The molecule has 0 aromatic heterocycles. The van der Waals surface area contributed by atoms with E-state index >= 15 is 0 Å². The molecule has 18 heavy (non-hydrogen) atoms. The van der Waals surface area contributed by atoms with Crippen molar-refractivity contribution in [1.82, 2.24) is 5.32 Å². The smallest absolute Gasteiger partial charge is 0.0616 e. The van der Waals surface area contributed by atoms with Crippen molar-refractivity contribution in [3.8, 4) is 0 Å². The molecule has 1 atom stereocenters. The van der Waals surface area contributed by atoms with E-state index in [2.05, 4.69) is 69.6 Å². The first-order valence-corrected chi connectivity index (χ1v) is 6.77. The van der Waals surface area contributed by atoms with Crippen LogP contribution in [0.15, 0.2) is 59.3 Å². The highest BCUT2D eigenvalue weighted by Crippen LogP contribution is 2.16. The van der Waals surface area contributed by atoms with Crippen molar-refractivity contribution >= 4 is 12.6 Å². The number of nitrogens with one attached hydrogen (secondary N) is 1. The fourth-order valence-corrected chi connectivity index (χ4v) is 1.64. The summed E-state index contributed by atoms with van der Waals surface area (Å²) in [6.45, 7) is 12.0. The van der Waals surface area contributed by atoms with Gasteiger partial charge in [0, 0.05) is 0 Å². The van der Waals surface area contributed by atoms with E-state index in [1.165, 1.54) is 11.1 Å². The molecule has 0 fully saturated rings. The van der Waals surface area contributed by atoms with Crippen LogP contribution in [0.5, 0.6) is 0 Å². The Kier molecular flexibility index (Phi) is 9.21. The second-order valence-electron chi connectivity index (χ2n) is 4.29. The number of hydrogen-bond donors (Lipinski definition) is 2. The molecule has 1 rings (SSSR count). The molecular weight excluding hydrogens is 238 g/mol. The van der Waals surface area contributed by atoms with Crippen LogP contribution in [-0.2, 0) is 0 Å². The van der Waals surface area contributed by atoms with E-state index in [4.69, 9.17) is 0 Å². The quantitative estimate of drug-likeness (QED) is 0.684. The molecule has 0 saturated heterocycles. The summed E-state index contributed by atoms with van der Waals surface area (Å²) in [5.41, 5.74) is 2.82. The standard InChI is InChI=1S/C11H16.C5H9NS/c1-4-11-6-5-9(2)7-10(3)8-11;1-3-4-6-5(2)7/h5-8,10H,4H2,1-3H3;3-4,6-7H,2H2,1H3/b;4-3-. The van der Waals surface area contributed by atoms with Crippen LogP contribution >= 0.6 is 12.6 Å². The number of allylic oxidation sites excluding steroid dienone is 7. The fourth-order valence-electron chi connectivity index (χ4n) is 1.57. The van der Waals surface area contributed by atoms with Gasteiger partial charge in [-0.05, 0) is 32.4 Å². The lowest BCUT2D eigenvalue weighted by molar-refractivity contribution is 0.915. The average molecular weight is 263 g/mol. The predicted molar refractivity (Wildman–Crippen MR) is 86.5 cm³/mol. The van der Waals surface area contributed by atoms with E-state index in [0.29, 0.717) is 10.9 Å². The van der Waals surface area contributed by atoms with E-state index in [1.54, 1.807) is 6.20 Å². The van der Waals surface area contributed by atoms with Gasteiger partial charge in [0.25, 0.3) is 0 Å². The molecule has 2 heteroatoms. The fraction of sp³-hybridized carbons (Fsp3) is 0.375. The Balaban J connectivity index is 0.000000360. The monoisotopic (exact) mass is 263 g/mol. The maximum atomic E-state index is 3.88. The molecule has 0 saturated carbocycles. The first kappa shape index (κ1) is 16.9. The summed E-state index contributed by atoms with van der Waals surface area (Å²) in [5.74, 6) is 0.597. The predicted octanol–water partition coefficient (Wildman–Crippen LogP) is 4.99. The highest BCUT2D eigenvalue weighted by atomic mass is 32.1. The summed E-state index contributed by atoms with van der Waals surface area (Å²) < 4.78 is 0. The maximum Gasteiger partial charge on any atom is 0.0616 e. The normalized spacial score (nSPS) is 18.4. The maximum absolute atomic E-state index is 3.88. The molecule has 1 nitrogen and oxygen atoms in total. The van der Waals surface area contributed by atoms with Gasteiger partial charge in [-0.1, -0.05) is 62.0 Å². The zero-order chi connectivity index (χ0) is 14.0. The third-order valence-electron chi connectivity index (χ3n) is 2.39. The summed E-state index contributed by atoms with van der Waals surface area (Å²) >= 11 is 3.88. The lowest BCUT2D eigenvalue weighted by atomic mass is 10.1. The molecule has 1 unspecified atom stereocenters. The molecule has 0 amide bonds. The topological polar surface area (TPSA) is 12.0 Å². The Hall–Kier alpha value is -1.15. The average Bonchev–Trinajstić information content (AvgIpc) is 2.48. The van der Waals surface area contributed by atoms with Crippen molar-refractivity contribution in [2.45, 2.75) is 34.1 Å². The van der Waals surface area contributed by atoms with Crippen LogP contribution in [0.1, 0.15) is 34.1 Å². The van der Waals surface area contributed by atoms with Crippen LogP contribution in [0.4, 0.5) is 0 Å². The van der Waals surface area contributed by atoms with Gasteiger partial charge in [0.05, 0.1) is 5.03 Å². The van der Waals surface area contributed by atoms with Gasteiger partial charge in [0.2, 0.25) is 0 Å². The van der Waals surface area contributed by atoms with Gasteiger partial charge < -0.3 is 5.32 Å². The number of thiol groups is 1. The van der Waals surface area contributed by atoms with Crippen LogP contribution in [0.3, 0.4) is 0 Å². The second-order valence-corrected chi connectivity index (χ2v) is 4.83. The third-order valence-corrected chi connectivity index (χ3v) is 2.52. The van der Waals surface area contributed by atoms with E-state index in [9.17, 15) is 0 Å². The first-order chi connectivity index (χ1) is 8.49. The second kappa shape index (κ2) is 9.84. The van der Waals surface area contributed by atoms with Gasteiger partial charge in [-0.25, -0.2) is 0 Å². The highest BCUT2D eigenvalue weighted by molar-refractivity contribution is 7.84. The Morgan fingerprint density at radius 1 is 1.44 bits per heavy atom. The van der Waals surface area contributed by atoms with Gasteiger partial charge in [0.1, 0.15) is 0 Å². The van der Waals surface area contributed by atoms with Crippen LogP contribution < -0.4 is 5.32 Å². The van der Waals surface area contributed by atoms with Crippen LogP contribution in [0.25, 0.3) is 0 Å². The minimum absolute atomic E-state index is 0.597. The lowest BCUT2D eigenvalue weighted by Crippen LogP contribution is -1.94. The Morgan fingerprint density at radius 3 is 2.56 bits per heavy atom. The SMILES string of the molecule is C=C(S)N/C=C\C.CCC1=CC(C)C=C(C)C=C1. The zero-order valence-electron chi connectivity index (χ0n) is 11.9. The Bertz CT molecular complexity index is 373. The van der Waals surface area contributed by atoms with Gasteiger partial charge in [-0.3, -0.25) is 0 Å². The van der Waals surface area contributed by atoms with Gasteiger partial charge >= 0.3 is 0 Å².